The molecule has 1 spiro atoms. The Hall–Kier alpha value is -3.20. The van der Waals surface area contributed by atoms with Gasteiger partial charge >= 0.3 is 0 Å². The summed E-state index contributed by atoms with van der Waals surface area (Å²) in [5.41, 5.74) is 4.04. The van der Waals surface area contributed by atoms with Crippen molar-refractivity contribution >= 4 is 5.91 Å². The number of hydrogen-bond acceptors (Lipinski definition) is 6. The average Bonchev–Trinajstić information content (AvgIpc) is 3.48. The van der Waals surface area contributed by atoms with E-state index in [1.807, 2.05) is 23.0 Å². The summed E-state index contributed by atoms with van der Waals surface area (Å²) < 4.78 is 7.19. The lowest BCUT2D eigenvalue weighted by Gasteiger charge is -2.53. The summed E-state index contributed by atoms with van der Waals surface area (Å²) in [5, 5.41) is 18.4. The first-order valence-electron chi connectivity index (χ1n) is 11.1. The van der Waals surface area contributed by atoms with Crippen molar-refractivity contribution in [2.45, 2.75) is 38.3 Å². The Morgan fingerprint density at radius 2 is 2.03 bits per heavy atom. The molecule has 5 rings (SSSR count). The molecule has 0 bridgehead atoms. The summed E-state index contributed by atoms with van der Waals surface area (Å²) >= 11 is 0. The Balaban J connectivity index is 1.23. The van der Waals surface area contributed by atoms with E-state index in [0.29, 0.717) is 11.7 Å². The van der Waals surface area contributed by atoms with Gasteiger partial charge in [-0.15, -0.1) is 5.10 Å². The Morgan fingerprint density at radius 3 is 2.69 bits per heavy atom. The molecule has 1 aliphatic heterocycles. The second kappa shape index (κ2) is 8.38. The topological polar surface area (TPSA) is 101 Å². The van der Waals surface area contributed by atoms with Crippen molar-refractivity contribution < 1.29 is 9.53 Å². The van der Waals surface area contributed by atoms with Gasteiger partial charge in [0.1, 0.15) is 5.75 Å². The van der Waals surface area contributed by atoms with Gasteiger partial charge in [-0.3, -0.25) is 14.8 Å². The number of H-pyrrole nitrogens is 1. The zero-order valence-electron chi connectivity index (χ0n) is 18.5. The predicted octanol–water partition coefficient (Wildman–Crippen LogP) is 2.65. The van der Waals surface area contributed by atoms with Crippen LogP contribution in [0, 0.1) is 5.41 Å². The number of piperidine rings is 1. The highest BCUT2D eigenvalue weighted by atomic mass is 16.5. The second-order valence-electron chi connectivity index (χ2n) is 8.85. The molecular weight excluding hydrogens is 406 g/mol. The molecule has 1 amide bonds. The number of rotatable bonds is 6. The van der Waals surface area contributed by atoms with Crippen LogP contribution in [-0.4, -0.2) is 63.2 Å². The fraction of sp³-hybridized carbons (Fsp3) is 0.478. The monoisotopic (exact) mass is 435 g/mol. The first-order valence-corrected chi connectivity index (χ1v) is 11.1. The van der Waals surface area contributed by atoms with E-state index >= 15 is 0 Å². The molecule has 3 heterocycles. The number of ether oxygens (including phenoxy) is 1. The van der Waals surface area contributed by atoms with Crippen LogP contribution in [-0.2, 0) is 6.54 Å². The second-order valence-corrected chi connectivity index (χ2v) is 8.85. The van der Waals surface area contributed by atoms with Crippen molar-refractivity contribution in [1.29, 1.82) is 0 Å². The number of aromatic nitrogens is 5. The number of nitrogens with zero attached hydrogens (tertiary/aromatic N) is 5. The number of carbonyl (C=O) groups is 1. The number of aromatic amines is 1. The first-order chi connectivity index (χ1) is 15.6. The molecule has 0 radical (unpaired) electrons. The van der Waals surface area contributed by atoms with Gasteiger partial charge in [-0.2, -0.15) is 5.10 Å². The average molecular weight is 436 g/mol. The molecule has 1 saturated heterocycles. The summed E-state index contributed by atoms with van der Waals surface area (Å²) in [5.74, 6) is 0.660. The Labute approximate surface area is 187 Å². The molecule has 9 heteroatoms. The van der Waals surface area contributed by atoms with Crippen molar-refractivity contribution in [2.24, 2.45) is 5.41 Å². The molecule has 2 N–H and O–H groups in total. The summed E-state index contributed by atoms with van der Waals surface area (Å²) in [6, 6.07) is 8.40. The molecule has 1 aromatic carbocycles. The van der Waals surface area contributed by atoms with Gasteiger partial charge in [-0.05, 0) is 68.5 Å². The van der Waals surface area contributed by atoms with Gasteiger partial charge in [-0.25, -0.2) is 4.68 Å². The lowest BCUT2D eigenvalue weighted by Crippen LogP contribution is -2.49. The van der Waals surface area contributed by atoms with E-state index in [1.165, 1.54) is 12.0 Å². The molecule has 9 nitrogen and oxygen atoms in total. The maximum atomic E-state index is 11.8. The zero-order valence-corrected chi connectivity index (χ0v) is 18.5. The number of methoxy groups -OCH3 is 1. The molecule has 32 heavy (non-hydrogen) atoms. The summed E-state index contributed by atoms with van der Waals surface area (Å²) in [7, 11) is 3.29. The van der Waals surface area contributed by atoms with E-state index in [-0.39, 0.29) is 11.3 Å². The van der Waals surface area contributed by atoms with Gasteiger partial charge < -0.3 is 10.1 Å². The number of nitrogens with one attached hydrogen (secondary N) is 2. The molecule has 2 aromatic heterocycles. The van der Waals surface area contributed by atoms with Crippen LogP contribution in [0.5, 0.6) is 5.75 Å². The molecule has 1 unspecified atom stereocenters. The van der Waals surface area contributed by atoms with Crippen LogP contribution < -0.4 is 10.1 Å². The highest BCUT2D eigenvalue weighted by Crippen LogP contribution is 2.56. The smallest absolute Gasteiger partial charge is 0.273 e. The fourth-order valence-electron chi connectivity index (χ4n) is 5.17. The first kappa shape index (κ1) is 20.7. The number of carbonyl (C=O) groups excluding carboxylic acids is 1. The van der Waals surface area contributed by atoms with E-state index in [4.69, 9.17) is 4.74 Å². The molecule has 168 valence electrons. The molecular formula is C23H29N7O2. The minimum atomic E-state index is -0.188. The number of benzene rings is 1. The van der Waals surface area contributed by atoms with E-state index in [2.05, 4.69) is 42.9 Å². The van der Waals surface area contributed by atoms with Crippen LogP contribution in [0.1, 0.15) is 47.8 Å². The molecule has 1 aliphatic carbocycles. The fourth-order valence-corrected chi connectivity index (χ4v) is 5.17. The van der Waals surface area contributed by atoms with Gasteiger partial charge in [0.25, 0.3) is 5.91 Å². The highest BCUT2D eigenvalue weighted by molar-refractivity contribution is 5.91. The summed E-state index contributed by atoms with van der Waals surface area (Å²) in [4.78, 5) is 14.3. The lowest BCUT2D eigenvalue weighted by atomic mass is 9.59. The van der Waals surface area contributed by atoms with Crippen LogP contribution in [0.3, 0.4) is 0 Å². The summed E-state index contributed by atoms with van der Waals surface area (Å²) in [6.07, 6.45) is 8.30. The maximum Gasteiger partial charge on any atom is 0.273 e. The Bertz CT molecular complexity index is 1080. The Kier molecular flexibility index (Phi) is 5.42. The maximum absolute atomic E-state index is 11.8. The standard InChI is InChI=1S/C23H29N7O2/c1-24-22(31)19-15-30(28-26-19)20-7-8-23(20)9-11-29(12-10-23)14-17-13-25-27-21(17)16-3-5-18(32-2)6-4-16/h3-6,13,15,20H,7-12,14H2,1-2H3,(H,24,31)(H,25,27). The van der Waals surface area contributed by atoms with Crippen molar-refractivity contribution in [3.05, 3.63) is 47.9 Å². The molecule has 3 aromatic rings. The largest absolute Gasteiger partial charge is 0.497 e. The van der Waals surface area contributed by atoms with E-state index in [0.717, 1.165) is 55.9 Å². The van der Waals surface area contributed by atoms with Crippen molar-refractivity contribution in [3.63, 3.8) is 0 Å². The quantitative estimate of drug-likeness (QED) is 0.617. The number of hydrogen-bond donors (Lipinski definition) is 2. The van der Waals surface area contributed by atoms with Crippen LogP contribution >= 0.6 is 0 Å². The van der Waals surface area contributed by atoms with Crippen molar-refractivity contribution in [2.75, 3.05) is 27.2 Å². The zero-order chi connectivity index (χ0) is 22.1. The molecule has 1 atom stereocenters. The number of likely N-dealkylation sites (tertiary alicyclic amines) is 1. The third kappa shape index (κ3) is 3.66. The van der Waals surface area contributed by atoms with E-state index < -0.39 is 0 Å². The van der Waals surface area contributed by atoms with Gasteiger partial charge in [0, 0.05) is 24.7 Å². The molecule has 2 fully saturated rings. The van der Waals surface area contributed by atoms with E-state index in [9.17, 15) is 4.79 Å². The lowest BCUT2D eigenvalue weighted by molar-refractivity contribution is -0.0333. The minimum Gasteiger partial charge on any atom is -0.497 e. The van der Waals surface area contributed by atoms with Crippen molar-refractivity contribution in [1.82, 2.24) is 35.4 Å². The van der Waals surface area contributed by atoms with Gasteiger partial charge in [0.05, 0.1) is 31.2 Å². The van der Waals surface area contributed by atoms with Crippen LogP contribution in [0.4, 0.5) is 0 Å². The van der Waals surface area contributed by atoms with E-state index in [1.54, 1.807) is 20.4 Å². The molecule has 1 saturated carbocycles. The summed E-state index contributed by atoms with van der Waals surface area (Å²) in [6.45, 7) is 2.96. The van der Waals surface area contributed by atoms with Crippen LogP contribution in [0.2, 0.25) is 0 Å². The SMILES string of the molecule is CNC(=O)c1cn(C2CCC23CCN(Cc2cn[nH]c2-c2ccc(OC)cc2)CC3)nn1. The van der Waals surface area contributed by atoms with Gasteiger partial charge in [-0.1, -0.05) is 5.21 Å². The van der Waals surface area contributed by atoms with Crippen LogP contribution in [0.25, 0.3) is 11.3 Å². The third-order valence-electron chi connectivity index (χ3n) is 7.25. The van der Waals surface area contributed by atoms with Crippen LogP contribution in [0.15, 0.2) is 36.7 Å². The normalized spacial score (nSPS) is 20.1. The molecule has 2 aliphatic rings. The third-order valence-corrected chi connectivity index (χ3v) is 7.25. The predicted molar refractivity (Wildman–Crippen MR) is 119 cm³/mol. The minimum absolute atomic E-state index is 0.188. The van der Waals surface area contributed by atoms with Gasteiger partial charge in [0.2, 0.25) is 0 Å². The number of amides is 1. The Morgan fingerprint density at radius 1 is 1.25 bits per heavy atom. The highest BCUT2D eigenvalue weighted by Gasteiger charge is 2.49. The van der Waals surface area contributed by atoms with Crippen molar-refractivity contribution in [3.8, 4) is 17.0 Å². The van der Waals surface area contributed by atoms with Gasteiger partial charge in [0.15, 0.2) is 5.69 Å².